The molecule has 0 aliphatic carbocycles. The van der Waals surface area contributed by atoms with Crippen molar-refractivity contribution in [2.45, 2.75) is 51.5 Å². The fourth-order valence-electron chi connectivity index (χ4n) is 5.40. The predicted octanol–water partition coefficient (Wildman–Crippen LogP) is 4.56. The summed E-state index contributed by atoms with van der Waals surface area (Å²) in [5.74, 6) is 0.849. The van der Waals surface area contributed by atoms with E-state index >= 15 is 0 Å². The van der Waals surface area contributed by atoms with Crippen LogP contribution in [0.1, 0.15) is 44.6 Å². The van der Waals surface area contributed by atoms with Gasteiger partial charge in [-0.1, -0.05) is 48.5 Å². The number of rotatable bonds is 8. The molecule has 2 fully saturated rings. The van der Waals surface area contributed by atoms with Crippen LogP contribution in [0.15, 0.2) is 60.7 Å². The zero-order valence-electron chi connectivity index (χ0n) is 21.1. The molecule has 0 radical (unpaired) electrons. The molecular weight excluding hydrogens is 436 g/mol. The molecule has 0 bridgehead atoms. The highest BCUT2D eigenvalue weighted by molar-refractivity contribution is 5.92. The number of anilines is 1. The van der Waals surface area contributed by atoms with Crippen LogP contribution < -0.4 is 10.2 Å². The highest BCUT2D eigenvalue weighted by atomic mass is 16.2. The SMILES string of the molecule is CC(=O)N1CCCC(NC(=O)N(CCCN2CCC(Cc3ccccc3)CC2)c2ccccc2)C1. The first-order valence-corrected chi connectivity index (χ1v) is 13.2. The number of carbonyl (C=O) groups is 2. The van der Waals surface area contributed by atoms with E-state index in [2.05, 4.69) is 40.5 Å². The molecule has 1 unspecified atom stereocenters. The van der Waals surface area contributed by atoms with Gasteiger partial charge in [-0.15, -0.1) is 0 Å². The summed E-state index contributed by atoms with van der Waals surface area (Å²) in [5, 5.41) is 3.20. The topological polar surface area (TPSA) is 55.9 Å². The summed E-state index contributed by atoms with van der Waals surface area (Å²) in [6.45, 7) is 6.95. The van der Waals surface area contributed by atoms with Gasteiger partial charge < -0.3 is 15.1 Å². The van der Waals surface area contributed by atoms with Crippen LogP contribution in [0.3, 0.4) is 0 Å². The monoisotopic (exact) mass is 476 g/mol. The third-order valence-corrected chi connectivity index (χ3v) is 7.44. The molecule has 2 aromatic rings. The second-order valence-corrected chi connectivity index (χ2v) is 10.1. The molecule has 1 N–H and O–H groups in total. The summed E-state index contributed by atoms with van der Waals surface area (Å²) < 4.78 is 0. The maximum Gasteiger partial charge on any atom is 0.322 e. The summed E-state index contributed by atoms with van der Waals surface area (Å²) in [6.07, 6.45) is 6.44. The molecule has 1 atom stereocenters. The van der Waals surface area contributed by atoms with Crippen LogP contribution in [-0.2, 0) is 11.2 Å². The molecule has 4 rings (SSSR count). The van der Waals surface area contributed by atoms with E-state index in [1.807, 2.05) is 40.1 Å². The van der Waals surface area contributed by atoms with Gasteiger partial charge in [-0.25, -0.2) is 4.79 Å². The lowest BCUT2D eigenvalue weighted by molar-refractivity contribution is -0.130. The van der Waals surface area contributed by atoms with E-state index in [4.69, 9.17) is 0 Å². The van der Waals surface area contributed by atoms with Crippen LogP contribution in [0.5, 0.6) is 0 Å². The van der Waals surface area contributed by atoms with Crippen molar-refractivity contribution < 1.29 is 9.59 Å². The first-order chi connectivity index (χ1) is 17.1. The maximum atomic E-state index is 13.3. The molecule has 0 saturated carbocycles. The highest BCUT2D eigenvalue weighted by Crippen LogP contribution is 2.22. The van der Waals surface area contributed by atoms with E-state index < -0.39 is 0 Å². The average molecular weight is 477 g/mol. The van der Waals surface area contributed by atoms with Crippen LogP contribution in [-0.4, -0.2) is 67.0 Å². The van der Waals surface area contributed by atoms with Gasteiger partial charge in [-0.2, -0.15) is 0 Å². The number of piperidine rings is 2. The minimum Gasteiger partial charge on any atom is -0.341 e. The van der Waals surface area contributed by atoms with Crippen molar-refractivity contribution in [3.8, 4) is 0 Å². The lowest BCUT2D eigenvalue weighted by Crippen LogP contribution is -2.53. The van der Waals surface area contributed by atoms with E-state index in [0.29, 0.717) is 13.1 Å². The number of nitrogens with one attached hydrogen (secondary N) is 1. The molecule has 6 nitrogen and oxygen atoms in total. The molecule has 35 heavy (non-hydrogen) atoms. The summed E-state index contributed by atoms with van der Waals surface area (Å²) in [6, 6.07) is 20.7. The van der Waals surface area contributed by atoms with Gasteiger partial charge in [0.2, 0.25) is 5.91 Å². The normalized spacial score (nSPS) is 19.3. The number of benzene rings is 2. The molecule has 2 aliphatic heterocycles. The van der Waals surface area contributed by atoms with Gasteiger partial charge in [0.05, 0.1) is 0 Å². The Kier molecular flexibility index (Phi) is 9.18. The van der Waals surface area contributed by atoms with E-state index in [9.17, 15) is 9.59 Å². The smallest absolute Gasteiger partial charge is 0.322 e. The zero-order chi connectivity index (χ0) is 24.5. The molecular formula is C29H40N4O2. The molecule has 6 heteroatoms. The summed E-state index contributed by atoms with van der Waals surface area (Å²) in [7, 11) is 0. The largest absolute Gasteiger partial charge is 0.341 e. The van der Waals surface area contributed by atoms with Gasteiger partial charge >= 0.3 is 6.03 Å². The number of hydrogen-bond donors (Lipinski definition) is 1. The van der Waals surface area contributed by atoms with Crippen molar-refractivity contribution >= 4 is 17.6 Å². The van der Waals surface area contributed by atoms with E-state index in [0.717, 1.165) is 57.0 Å². The standard InChI is InChI=1S/C29H40N4O2/c1-24(34)32-18-8-12-27(23-32)30-29(35)33(28-13-6-3-7-14-28)19-9-17-31-20-15-26(16-21-31)22-25-10-4-2-5-11-25/h2-7,10-11,13-14,26-27H,8-9,12,15-23H2,1H3,(H,30,35). The second-order valence-electron chi connectivity index (χ2n) is 10.1. The summed E-state index contributed by atoms with van der Waals surface area (Å²) in [5.41, 5.74) is 2.37. The van der Waals surface area contributed by atoms with Gasteiger partial charge in [0.25, 0.3) is 0 Å². The summed E-state index contributed by atoms with van der Waals surface area (Å²) >= 11 is 0. The molecule has 2 saturated heterocycles. The van der Waals surface area contributed by atoms with E-state index in [-0.39, 0.29) is 18.0 Å². The fourth-order valence-corrected chi connectivity index (χ4v) is 5.40. The van der Waals surface area contributed by atoms with Crippen molar-refractivity contribution in [1.82, 2.24) is 15.1 Å². The third-order valence-electron chi connectivity index (χ3n) is 7.44. The van der Waals surface area contributed by atoms with E-state index in [1.165, 1.54) is 24.8 Å². The van der Waals surface area contributed by atoms with Gasteiger partial charge in [-0.3, -0.25) is 9.69 Å². The average Bonchev–Trinajstić information content (AvgIpc) is 2.89. The molecule has 2 aliphatic rings. The molecule has 3 amide bonds. The lowest BCUT2D eigenvalue weighted by atomic mass is 9.90. The number of nitrogens with zero attached hydrogens (tertiary/aromatic N) is 3. The fraction of sp³-hybridized carbons (Fsp3) is 0.517. The minimum atomic E-state index is -0.0619. The van der Waals surface area contributed by atoms with Crippen LogP contribution in [0.2, 0.25) is 0 Å². The maximum absolute atomic E-state index is 13.3. The van der Waals surface area contributed by atoms with Crippen molar-refractivity contribution in [3.63, 3.8) is 0 Å². The second kappa shape index (κ2) is 12.7. The van der Waals surface area contributed by atoms with Crippen molar-refractivity contribution in [2.24, 2.45) is 5.92 Å². The Morgan fingerprint density at radius 2 is 1.63 bits per heavy atom. The van der Waals surface area contributed by atoms with Crippen LogP contribution in [0.4, 0.5) is 10.5 Å². The minimum absolute atomic E-state index is 0.00926. The van der Waals surface area contributed by atoms with Crippen LogP contribution in [0, 0.1) is 5.92 Å². The Morgan fingerprint density at radius 3 is 2.31 bits per heavy atom. The number of carbonyl (C=O) groups excluding carboxylic acids is 2. The molecule has 2 aromatic carbocycles. The van der Waals surface area contributed by atoms with Crippen LogP contribution in [0.25, 0.3) is 0 Å². The molecule has 188 valence electrons. The lowest BCUT2D eigenvalue weighted by Gasteiger charge is -2.35. The Balaban J connectivity index is 1.26. The predicted molar refractivity (Wildman–Crippen MR) is 142 cm³/mol. The van der Waals surface area contributed by atoms with E-state index in [1.54, 1.807) is 6.92 Å². The zero-order valence-corrected chi connectivity index (χ0v) is 21.1. The Hall–Kier alpha value is -2.86. The molecule has 2 heterocycles. The number of hydrogen-bond acceptors (Lipinski definition) is 3. The quantitative estimate of drug-likeness (QED) is 0.608. The number of amides is 3. The summed E-state index contributed by atoms with van der Waals surface area (Å²) in [4.78, 5) is 31.3. The number of urea groups is 1. The van der Waals surface area contributed by atoms with Crippen molar-refractivity contribution in [2.75, 3.05) is 44.2 Å². The van der Waals surface area contributed by atoms with Gasteiger partial charge in [0.1, 0.15) is 0 Å². The molecule has 0 spiro atoms. The van der Waals surface area contributed by atoms with Crippen molar-refractivity contribution in [3.05, 3.63) is 66.2 Å². The van der Waals surface area contributed by atoms with Crippen molar-refractivity contribution in [1.29, 1.82) is 0 Å². The van der Waals surface area contributed by atoms with Crippen LogP contribution >= 0.6 is 0 Å². The first-order valence-electron chi connectivity index (χ1n) is 13.2. The first kappa shape index (κ1) is 25.2. The Bertz CT molecular complexity index is 928. The number of para-hydroxylation sites is 1. The third kappa shape index (κ3) is 7.56. The Morgan fingerprint density at radius 1 is 0.943 bits per heavy atom. The van der Waals surface area contributed by atoms with Gasteiger partial charge in [0.15, 0.2) is 0 Å². The Labute approximate surface area is 210 Å². The molecule has 0 aromatic heterocycles. The van der Waals surface area contributed by atoms with Gasteiger partial charge in [-0.05, 0) is 81.8 Å². The highest BCUT2D eigenvalue weighted by Gasteiger charge is 2.26. The van der Waals surface area contributed by atoms with Gasteiger partial charge in [0, 0.05) is 38.3 Å². The number of likely N-dealkylation sites (tertiary alicyclic amines) is 2.